The van der Waals surface area contributed by atoms with Gasteiger partial charge in [0.1, 0.15) is 22.7 Å². The molecule has 4 aromatic rings. The number of nitrogens with one attached hydrogen (secondary N) is 4. The summed E-state index contributed by atoms with van der Waals surface area (Å²) in [6.07, 6.45) is 4.21. The number of H-pyrrole nitrogens is 1. The maximum atomic E-state index is 12.8. The van der Waals surface area contributed by atoms with Crippen LogP contribution in [-0.4, -0.2) is 44.3 Å². The number of rotatable bonds is 5. The minimum Gasteiger partial charge on any atom is -0.482 e. The molecule has 5 rings (SSSR count). The number of benzene rings is 1. The van der Waals surface area contributed by atoms with Gasteiger partial charge in [-0.15, -0.1) is 0 Å². The van der Waals surface area contributed by atoms with E-state index in [0.29, 0.717) is 33.7 Å². The lowest BCUT2D eigenvalue weighted by atomic mass is 10.1. The Labute approximate surface area is 196 Å². The second-order valence-corrected chi connectivity index (χ2v) is 7.71. The van der Waals surface area contributed by atoms with Crippen LogP contribution in [0.4, 0.5) is 11.4 Å². The molecule has 1 aromatic carbocycles. The Morgan fingerprint density at radius 2 is 2.00 bits per heavy atom. The lowest BCUT2D eigenvalue weighted by molar-refractivity contribution is -0.118. The fourth-order valence-corrected chi connectivity index (χ4v) is 3.63. The van der Waals surface area contributed by atoms with E-state index < -0.39 is 11.8 Å². The number of ether oxygens (including phenoxy) is 1. The Morgan fingerprint density at radius 1 is 1.12 bits per heavy atom. The number of carbonyl (C=O) groups excluding carboxylic acids is 3. The molecule has 0 bridgehead atoms. The Morgan fingerprint density at radius 3 is 2.85 bits per heavy atom. The summed E-state index contributed by atoms with van der Waals surface area (Å²) in [7, 11) is 0. The molecule has 0 atom stereocenters. The summed E-state index contributed by atoms with van der Waals surface area (Å²) >= 11 is 5.85. The zero-order chi connectivity index (χ0) is 23.7. The quantitative estimate of drug-likeness (QED) is 0.322. The van der Waals surface area contributed by atoms with Crippen molar-refractivity contribution < 1.29 is 19.1 Å². The number of carbonyl (C=O) groups is 3. The number of halogens is 1. The zero-order valence-corrected chi connectivity index (χ0v) is 18.1. The second-order valence-electron chi connectivity index (χ2n) is 7.32. The molecule has 34 heavy (non-hydrogen) atoms. The summed E-state index contributed by atoms with van der Waals surface area (Å²) in [6, 6.07) is 8.23. The minimum absolute atomic E-state index is 0.0261. The number of amides is 3. The van der Waals surface area contributed by atoms with Gasteiger partial charge in [0.15, 0.2) is 12.3 Å². The van der Waals surface area contributed by atoms with E-state index in [1.165, 1.54) is 30.9 Å². The largest absolute Gasteiger partial charge is 0.482 e. The fraction of sp³-hybridized carbons (Fsp3) is 0.0909. The molecule has 0 unspecified atom stereocenters. The molecule has 170 valence electrons. The zero-order valence-electron chi connectivity index (χ0n) is 17.4. The normalized spacial score (nSPS) is 12.4. The maximum absolute atomic E-state index is 12.8. The Kier molecular flexibility index (Phi) is 5.52. The van der Waals surface area contributed by atoms with Crippen LogP contribution in [0.1, 0.15) is 26.4 Å². The summed E-state index contributed by atoms with van der Waals surface area (Å²) in [5.74, 6) is -0.509. The van der Waals surface area contributed by atoms with E-state index in [2.05, 4.69) is 35.9 Å². The van der Waals surface area contributed by atoms with E-state index in [-0.39, 0.29) is 29.9 Å². The number of pyridine rings is 1. The van der Waals surface area contributed by atoms with Crippen LogP contribution in [0.25, 0.3) is 11.0 Å². The van der Waals surface area contributed by atoms with Gasteiger partial charge in [0.25, 0.3) is 17.7 Å². The number of anilines is 2. The molecule has 0 aliphatic carbocycles. The number of fused-ring (bicyclic) bond motifs is 2. The molecule has 4 heterocycles. The first-order chi connectivity index (χ1) is 16.5. The van der Waals surface area contributed by atoms with E-state index in [9.17, 15) is 14.4 Å². The van der Waals surface area contributed by atoms with Crippen molar-refractivity contribution in [2.24, 2.45) is 0 Å². The summed E-state index contributed by atoms with van der Waals surface area (Å²) in [5, 5.41) is 8.46. The molecule has 1 aliphatic rings. The third-order valence-electron chi connectivity index (χ3n) is 5.05. The highest BCUT2D eigenvalue weighted by Crippen LogP contribution is 2.28. The Balaban J connectivity index is 1.32. The van der Waals surface area contributed by atoms with Gasteiger partial charge in [-0.3, -0.25) is 14.4 Å². The van der Waals surface area contributed by atoms with E-state index in [0.717, 1.165) is 5.56 Å². The van der Waals surface area contributed by atoms with Crippen molar-refractivity contribution in [3.05, 3.63) is 71.0 Å². The molecule has 0 saturated heterocycles. The van der Waals surface area contributed by atoms with Crippen molar-refractivity contribution in [1.29, 1.82) is 0 Å². The third-order valence-corrected chi connectivity index (χ3v) is 5.25. The van der Waals surface area contributed by atoms with Crippen molar-refractivity contribution in [2.45, 2.75) is 6.54 Å². The smallest absolute Gasteiger partial charge is 0.272 e. The summed E-state index contributed by atoms with van der Waals surface area (Å²) in [6.45, 7) is 0.169. The van der Waals surface area contributed by atoms with Gasteiger partial charge in [0, 0.05) is 24.5 Å². The molecule has 0 fully saturated rings. The molecular formula is C22H16ClN7O4. The lowest BCUT2D eigenvalue weighted by Crippen LogP contribution is -2.26. The van der Waals surface area contributed by atoms with Crippen LogP contribution in [0, 0.1) is 0 Å². The highest BCUT2D eigenvalue weighted by atomic mass is 35.5. The lowest BCUT2D eigenvalue weighted by Gasteiger charge is -2.18. The van der Waals surface area contributed by atoms with E-state index in [1.54, 1.807) is 18.2 Å². The molecule has 3 aromatic heterocycles. The van der Waals surface area contributed by atoms with Crippen molar-refractivity contribution in [3.8, 4) is 5.75 Å². The number of hydrogen-bond donors (Lipinski definition) is 4. The van der Waals surface area contributed by atoms with Gasteiger partial charge in [0.2, 0.25) is 0 Å². The van der Waals surface area contributed by atoms with Gasteiger partial charge in [-0.05, 0) is 29.8 Å². The predicted octanol–water partition coefficient (Wildman–Crippen LogP) is 2.52. The summed E-state index contributed by atoms with van der Waals surface area (Å²) < 4.78 is 5.34. The minimum atomic E-state index is -0.439. The number of hydrogen-bond acceptors (Lipinski definition) is 7. The molecule has 0 spiro atoms. The second kappa shape index (κ2) is 8.79. The van der Waals surface area contributed by atoms with E-state index in [1.807, 2.05) is 0 Å². The predicted molar refractivity (Wildman–Crippen MR) is 123 cm³/mol. The first-order valence-corrected chi connectivity index (χ1v) is 10.4. The Hall–Kier alpha value is -4.51. The average Bonchev–Trinajstić information content (AvgIpc) is 3.25. The van der Waals surface area contributed by atoms with Crippen molar-refractivity contribution in [2.75, 3.05) is 17.2 Å². The van der Waals surface area contributed by atoms with Gasteiger partial charge in [-0.25, -0.2) is 15.0 Å². The third kappa shape index (κ3) is 4.24. The molecular weight excluding hydrogens is 462 g/mol. The van der Waals surface area contributed by atoms with Gasteiger partial charge < -0.3 is 25.7 Å². The molecule has 11 nitrogen and oxygen atoms in total. The number of aromatic nitrogens is 4. The van der Waals surface area contributed by atoms with E-state index in [4.69, 9.17) is 16.3 Å². The average molecular weight is 478 g/mol. The van der Waals surface area contributed by atoms with Gasteiger partial charge in [-0.2, -0.15) is 0 Å². The highest BCUT2D eigenvalue weighted by Gasteiger charge is 2.19. The number of aromatic amines is 1. The van der Waals surface area contributed by atoms with Gasteiger partial charge in [-0.1, -0.05) is 17.7 Å². The van der Waals surface area contributed by atoms with Crippen LogP contribution in [0.3, 0.4) is 0 Å². The van der Waals surface area contributed by atoms with Crippen LogP contribution >= 0.6 is 11.6 Å². The van der Waals surface area contributed by atoms with Crippen LogP contribution < -0.4 is 20.7 Å². The van der Waals surface area contributed by atoms with Crippen LogP contribution in [0.2, 0.25) is 5.15 Å². The molecule has 4 N–H and O–H groups in total. The van der Waals surface area contributed by atoms with Crippen LogP contribution in [-0.2, 0) is 11.3 Å². The van der Waals surface area contributed by atoms with Crippen molar-refractivity contribution >= 4 is 51.7 Å². The van der Waals surface area contributed by atoms with Gasteiger partial charge in [0.05, 0.1) is 16.9 Å². The summed E-state index contributed by atoms with van der Waals surface area (Å²) in [5.41, 5.74) is 2.89. The molecule has 12 heteroatoms. The van der Waals surface area contributed by atoms with Crippen LogP contribution in [0.5, 0.6) is 5.75 Å². The van der Waals surface area contributed by atoms with Crippen molar-refractivity contribution in [1.82, 2.24) is 25.3 Å². The first kappa shape index (κ1) is 21.3. The van der Waals surface area contributed by atoms with Gasteiger partial charge >= 0.3 is 0 Å². The SMILES string of the molecule is O=C1COc2ccc(CNC(=O)c3ncnc4c(NC(=O)c5ccnc(Cl)c5)c[nH]c34)cc2N1. The first-order valence-electron chi connectivity index (χ1n) is 10.1. The highest BCUT2D eigenvalue weighted by molar-refractivity contribution is 6.29. The standard InChI is InChI=1S/C22H16ClN7O4/c23-16-6-12(3-4-24-16)21(32)30-14-8-25-19-18(14)27-10-28-20(19)22(33)26-7-11-1-2-15-13(5-11)29-17(31)9-34-15/h1-6,8,10,25H,7,9H2,(H,26,33)(H,29,31)(H,30,32). The molecule has 0 saturated carbocycles. The maximum Gasteiger partial charge on any atom is 0.272 e. The van der Waals surface area contributed by atoms with E-state index >= 15 is 0 Å². The Bertz CT molecular complexity index is 1450. The molecule has 1 aliphatic heterocycles. The van der Waals surface area contributed by atoms with Crippen molar-refractivity contribution in [3.63, 3.8) is 0 Å². The van der Waals surface area contributed by atoms with Crippen LogP contribution in [0.15, 0.2) is 49.1 Å². The monoisotopic (exact) mass is 477 g/mol. The summed E-state index contributed by atoms with van der Waals surface area (Å²) in [4.78, 5) is 52.0. The molecule has 3 amide bonds. The molecule has 0 radical (unpaired) electrons. The topological polar surface area (TPSA) is 151 Å². The fourth-order valence-electron chi connectivity index (χ4n) is 3.45. The number of nitrogens with zero attached hydrogens (tertiary/aromatic N) is 3.